The summed E-state index contributed by atoms with van der Waals surface area (Å²) in [7, 11) is 0. The molecule has 0 heterocycles. The Balaban J connectivity index is 2.81. The second-order valence-corrected chi connectivity index (χ2v) is 4.39. The largest absolute Gasteiger partial charge is 0.419 e. The number of halogens is 4. The molecule has 2 N–H and O–H groups in total. The van der Waals surface area contributed by atoms with Crippen molar-refractivity contribution in [1.82, 2.24) is 5.32 Å². The molecule has 1 unspecified atom stereocenters. The Kier molecular flexibility index (Phi) is 5.50. The van der Waals surface area contributed by atoms with Crippen molar-refractivity contribution >= 4 is 11.6 Å². The van der Waals surface area contributed by atoms with E-state index in [4.69, 9.17) is 0 Å². The minimum Gasteiger partial charge on any atom is -0.326 e. The minimum absolute atomic E-state index is 0.0768. The minimum atomic E-state index is -4.79. The molecule has 0 aliphatic heterocycles. The molecule has 112 valence electrons. The van der Waals surface area contributed by atoms with Gasteiger partial charge < -0.3 is 10.6 Å². The first-order chi connectivity index (χ1) is 9.25. The van der Waals surface area contributed by atoms with Crippen LogP contribution in [-0.2, 0) is 11.0 Å². The molecule has 1 aromatic rings. The van der Waals surface area contributed by atoms with Gasteiger partial charge in [0.15, 0.2) is 0 Å². The Morgan fingerprint density at radius 1 is 1.35 bits per heavy atom. The van der Waals surface area contributed by atoms with Crippen LogP contribution >= 0.6 is 0 Å². The Morgan fingerprint density at radius 2 is 2.00 bits per heavy atom. The number of hydrogen-bond donors (Lipinski definition) is 2. The second kappa shape index (κ2) is 6.69. The van der Waals surface area contributed by atoms with Gasteiger partial charge in [0, 0.05) is 18.2 Å². The van der Waals surface area contributed by atoms with Crippen LogP contribution in [0.25, 0.3) is 0 Å². The van der Waals surface area contributed by atoms with E-state index in [2.05, 4.69) is 10.6 Å². The molecule has 0 saturated carbocycles. The topological polar surface area (TPSA) is 41.1 Å². The second-order valence-electron chi connectivity index (χ2n) is 4.39. The van der Waals surface area contributed by atoms with Crippen molar-refractivity contribution in [1.29, 1.82) is 0 Å². The highest BCUT2D eigenvalue weighted by molar-refractivity contribution is 5.92. The van der Waals surface area contributed by atoms with Crippen LogP contribution < -0.4 is 10.6 Å². The van der Waals surface area contributed by atoms with E-state index in [9.17, 15) is 22.4 Å². The van der Waals surface area contributed by atoms with Gasteiger partial charge in [-0.3, -0.25) is 4.79 Å². The molecular weight excluding hydrogens is 276 g/mol. The summed E-state index contributed by atoms with van der Waals surface area (Å²) in [6, 6.07) is 2.38. The normalized spacial score (nSPS) is 13.1. The first-order valence-electron chi connectivity index (χ1n) is 6.14. The average Bonchev–Trinajstić information content (AvgIpc) is 2.36. The number of alkyl halides is 3. The zero-order valence-electron chi connectivity index (χ0n) is 11.1. The molecule has 0 aliphatic rings. The molecule has 0 aromatic heterocycles. The van der Waals surface area contributed by atoms with Gasteiger partial charge in [-0.05, 0) is 24.7 Å². The van der Waals surface area contributed by atoms with Gasteiger partial charge in [0.25, 0.3) is 0 Å². The van der Waals surface area contributed by atoms with Crippen LogP contribution in [0, 0.1) is 11.7 Å². The Morgan fingerprint density at radius 3 is 2.55 bits per heavy atom. The number of nitrogens with one attached hydrogen (secondary N) is 2. The number of rotatable bonds is 5. The lowest BCUT2D eigenvalue weighted by Gasteiger charge is -2.14. The molecule has 1 amide bonds. The Hall–Kier alpha value is -1.63. The van der Waals surface area contributed by atoms with Crippen LogP contribution in [0.15, 0.2) is 18.2 Å². The van der Waals surface area contributed by atoms with Crippen LogP contribution in [0.5, 0.6) is 0 Å². The number of hydrogen-bond acceptors (Lipinski definition) is 2. The number of carbonyl (C=O) groups excluding carboxylic acids is 1. The van der Waals surface area contributed by atoms with Crippen molar-refractivity contribution in [2.75, 3.05) is 18.4 Å². The maximum atomic E-state index is 13.1. The summed E-state index contributed by atoms with van der Waals surface area (Å²) in [6.07, 6.45) is -4.79. The fourth-order valence-corrected chi connectivity index (χ4v) is 1.54. The first kappa shape index (κ1) is 16.4. The van der Waals surface area contributed by atoms with Gasteiger partial charge in [0.05, 0.1) is 5.56 Å². The maximum Gasteiger partial charge on any atom is 0.419 e. The van der Waals surface area contributed by atoms with Gasteiger partial charge in [0.1, 0.15) is 5.82 Å². The van der Waals surface area contributed by atoms with Crippen molar-refractivity contribution in [3.05, 3.63) is 29.6 Å². The van der Waals surface area contributed by atoms with Gasteiger partial charge in [-0.15, -0.1) is 0 Å². The van der Waals surface area contributed by atoms with E-state index in [-0.39, 0.29) is 5.69 Å². The molecule has 1 rings (SSSR count). The highest BCUT2D eigenvalue weighted by Crippen LogP contribution is 2.33. The molecular formula is C13H16F4N2O. The molecule has 0 fully saturated rings. The number of benzene rings is 1. The molecule has 0 bridgehead atoms. The Labute approximate surface area is 114 Å². The van der Waals surface area contributed by atoms with Crippen LogP contribution in [0.2, 0.25) is 0 Å². The molecule has 7 heteroatoms. The molecule has 0 saturated heterocycles. The summed E-state index contributed by atoms with van der Waals surface area (Å²) in [5.41, 5.74) is -1.47. The SMILES string of the molecule is CCNCC(C)C(=O)Nc1ccc(F)c(C(F)(F)F)c1. The highest BCUT2D eigenvalue weighted by Gasteiger charge is 2.34. The third kappa shape index (κ3) is 4.48. The van der Waals surface area contributed by atoms with Crippen LogP contribution in [0.1, 0.15) is 19.4 Å². The Bertz CT molecular complexity index is 474. The van der Waals surface area contributed by atoms with E-state index < -0.39 is 29.4 Å². The predicted octanol–water partition coefficient (Wildman–Crippen LogP) is 3.03. The van der Waals surface area contributed by atoms with E-state index in [0.29, 0.717) is 25.2 Å². The number of anilines is 1. The fourth-order valence-electron chi connectivity index (χ4n) is 1.54. The van der Waals surface area contributed by atoms with Gasteiger partial charge in [-0.1, -0.05) is 13.8 Å². The summed E-state index contributed by atoms with van der Waals surface area (Å²) in [4.78, 5) is 11.7. The van der Waals surface area contributed by atoms with Crippen LogP contribution in [0.3, 0.4) is 0 Å². The maximum absolute atomic E-state index is 13.1. The van der Waals surface area contributed by atoms with Crippen LogP contribution in [0.4, 0.5) is 23.2 Å². The van der Waals surface area contributed by atoms with Gasteiger partial charge in [-0.2, -0.15) is 13.2 Å². The lowest BCUT2D eigenvalue weighted by molar-refractivity contribution is -0.140. The average molecular weight is 292 g/mol. The van der Waals surface area contributed by atoms with E-state index in [1.807, 2.05) is 6.92 Å². The molecule has 0 radical (unpaired) electrons. The standard InChI is InChI=1S/C13H16F4N2O/c1-3-18-7-8(2)12(20)19-9-4-5-11(14)10(6-9)13(15,16)17/h4-6,8,18H,3,7H2,1-2H3,(H,19,20). The predicted molar refractivity (Wildman–Crippen MR) is 67.7 cm³/mol. The summed E-state index contributed by atoms with van der Waals surface area (Å²) in [5, 5.41) is 5.30. The molecule has 1 aromatic carbocycles. The number of amides is 1. The zero-order valence-corrected chi connectivity index (χ0v) is 11.1. The van der Waals surface area contributed by atoms with Crippen molar-refractivity contribution in [3.63, 3.8) is 0 Å². The third-order valence-corrected chi connectivity index (χ3v) is 2.69. The van der Waals surface area contributed by atoms with E-state index in [1.54, 1.807) is 6.92 Å². The van der Waals surface area contributed by atoms with Crippen molar-refractivity contribution in [2.24, 2.45) is 5.92 Å². The summed E-state index contributed by atoms with van der Waals surface area (Å²) < 4.78 is 50.7. The molecule has 3 nitrogen and oxygen atoms in total. The molecule has 0 spiro atoms. The first-order valence-corrected chi connectivity index (χ1v) is 6.14. The molecule has 0 aliphatic carbocycles. The smallest absolute Gasteiger partial charge is 0.326 e. The zero-order chi connectivity index (χ0) is 15.3. The van der Waals surface area contributed by atoms with Crippen LogP contribution in [-0.4, -0.2) is 19.0 Å². The molecule has 20 heavy (non-hydrogen) atoms. The van der Waals surface area contributed by atoms with E-state index in [1.165, 1.54) is 0 Å². The number of carbonyl (C=O) groups is 1. The monoisotopic (exact) mass is 292 g/mol. The highest BCUT2D eigenvalue weighted by atomic mass is 19.4. The lowest BCUT2D eigenvalue weighted by Crippen LogP contribution is -2.30. The summed E-state index contributed by atoms with van der Waals surface area (Å²) in [6.45, 7) is 4.62. The molecule has 1 atom stereocenters. The van der Waals surface area contributed by atoms with Crippen molar-refractivity contribution in [3.8, 4) is 0 Å². The third-order valence-electron chi connectivity index (χ3n) is 2.69. The lowest BCUT2D eigenvalue weighted by atomic mass is 10.1. The quantitative estimate of drug-likeness (QED) is 0.819. The van der Waals surface area contributed by atoms with Crippen molar-refractivity contribution < 1.29 is 22.4 Å². The van der Waals surface area contributed by atoms with Crippen molar-refractivity contribution in [2.45, 2.75) is 20.0 Å². The summed E-state index contributed by atoms with van der Waals surface area (Å²) >= 11 is 0. The van der Waals surface area contributed by atoms with E-state index in [0.717, 1.165) is 6.07 Å². The summed E-state index contributed by atoms with van der Waals surface area (Å²) in [5.74, 6) is -2.20. The van der Waals surface area contributed by atoms with Gasteiger partial charge >= 0.3 is 6.18 Å². The van der Waals surface area contributed by atoms with Gasteiger partial charge in [-0.25, -0.2) is 4.39 Å². The fraction of sp³-hybridized carbons (Fsp3) is 0.462. The van der Waals surface area contributed by atoms with Gasteiger partial charge in [0.2, 0.25) is 5.91 Å². The van der Waals surface area contributed by atoms with E-state index >= 15 is 0 Å².